The third-order valence-electron chi connectivity index (χ3n) is 3.36. The minimum Gasteiger partial charge on any atom is -0.313 e. The van der Waals surface area contributed by atoms with E-state index in [9.17, 15) is 8.78 Å². The Morgan fingerprint density at radius 2 is 1.80 bits per heavy atom. The van der Waals surface area contributed by atoms with Gasteiger partial charge in [-0.1, -0.05) is 27.7 Å². The molecule has 20 heavy (non-hydrogen) atoms. The predicted octanol–water partition coefficient (Wildman–Crippen LogP) is 5.45. The van der Waals surface area contributed by atoms with Crippen molar-refractivity contribution in [1.29, 1.82) is 0 Å². The molecule has 0 heterocycles. The summed E-state index contributed by atoms with van der Waals surface area (Å²) in [7, 11) is 1.79. The van der Waals surface area contributed by atoms with Crippen LogP contribution in [0.25, 0.3) is 0 Å². The van der Waals surface area contributed by atoms with Gasteiger partial charge in [-0.2, -0.15) is 0 Å². The predicted molar refractivity (Wildman–Crippen MR) is 83.7 cm³/mol. The van der Waals surface area contributed by atoms with Gasteiger partial charge in [0.05, 0.1) is 4.47 Å². The van der Waals surface area contributed by atoms with Gasteiger partial charge in [-0.05, 0) is 59.3 Å². The van der Waals surface area contributed by atoms with Crippen LogP contribution in [0.1, 0.15) is 52.1 Å². The number of rotatable bonds is 5. The van der Waals surface area contributed by atoms with Gasteiger partial charge in [0.25, 0.3) is 0 Å². The Hall–Kier alpha value is -0.480. The van der Waals surface area contributed by atoms with Crippen molar-refractivity contribution in [1.82, 2.24) is 5.32 Å². The van der Waals surface area contributed by atoms with Crippen molar-refractivity contribution in [3.63, 3.8) is 0 Å². The van der Waals surface area contributed by atoms with Crippen molar-refractivity contribution in [2.24, 2.45) is 11.3 Å². The summed E-state index contributed by atoms with van der Waals surface area (Å²) >= 11 is 3.01. The lowest BCUT2D eigenvalue weighted by atomic mass is 9.82. The molecule has 1 aromatic carbocycles. The molecule has 0 saturated heterocycles. The standard InChI is InChI=1S/C16H24BrF2N/c1-10(9-16(2,3)4)6-15(20-5)11-7-14(19)12(17)8-13(11)18/h7-8,10,15,20H,6,9H2,1-5H3. The smallest absolute Gasteiger partial charge is 0.137 e. The maximum absolute atomic E-state index is 14.0. The molecule has 2 atom stereocenters. The zero-order chi connectivity index (χ0) is 15.5. The average Bonchev–Trinajstić information content (AvgIpc) is 2.29. The van der Waals surface area contributed by atoms with E-state index in [1.165, 1.54) is 12.1 Å². The Kier molecular flexibility index (Phi) is 6.14. The quantitative estimate of drug-likeness (QED) is 0.698. The van der Waals surface area contributed by atoms with E-state index in [2.05, 4.69) is 48.9 Å². The molecule has 0 aliphatic carbocycles. The van der Waals surface area contributed by atoms with E-state index in [1.54, 1.807) is 7.05 Å². The molecule has 2 unspecified atom stereocenters. The second-order valence-corrected chi connectivity index (χ2v) is 7.59. The number of halogens is 3. The van der Waals surface area contributed by atoms with E-state index in [4.69, 9.17) is 0 Å². The number of hydrogen-bond acceptors (Lipinski definition) is 1. The maximum Gasteiger partial charge on any atom is 0.137 e. The normalized spacial score (nSPS) is 15.2. The SMILES string of the molecule is CNC(CC(C)CC(C)(C)C)c1cc(F)c(Br)cc1F. The highest BCUT2D eigenvalue weighted by Crippen LogP contribution is 2.32. The molecule has 0 saturated carbocycles. The molecule has 0 amide bonds. The first-order chi connectivity index (χ1) is 9.14. The molecule has 1 aromatic rings. The van der Waals surface area contributed by atoms with Crippen molar-refractivity contribution < 1.29 is 8.78 Å². The summed E-state index contributed by atoms with van der Waals surface area (Å²) in [5.41, 5.74) is 0.635. The lowest BCUT2D eigenvalue weighted by molar-refractivity contribution is 0.277. The highest BCUT2D eigenvalue weighted by atomic mass is 79.9. The van der Waals surface area contributed by atoms with Crippen LogP contribution in [0.3, 0.4) is 0 Å². The molecular formula is C16H24BrF2N. The van der Waals surface area contributed by atoms with Gasteiger partial charge < -0.3 is 5.32 Å². The molecule has 1 N–H and O–H groups in total. The highest BCUT2D eigenvalue weighted by Gasteiger charge is 2.22. The van der Waals surface area contributed by atoms with Crippen LogP contribution in [-0.4, -0.2) is 7.05 Å². The second-order valence-electron chi connectivity index (χ2n) is 6.73. The molecule has 0 radical (unpaired) electrons. The minimum absolute atomic E-state index is 0.163. The number of benzene rings is 1. The van der Waals surface area contributed by atoms with E-state index in [0.717, 1.165) is 12.8 Å². The van der Waals surface area contributed by atoms with Crippen molar-refractivity contribution in [2.45, 2.75) is 46.6 Å². The zero-order valence-corrected chi connectivity index (χ0v) is 14.4. The molecule has 0 fully saturated rings. The lowest BCUT2D eigenvalue weighted by Gasteiger charge is -2.27. The first-order valence-electron chi connectivity index (χ1n) is 6.95. The second kappa shape index (κ2) is 6.99. The monoisotopic (exact) mass is 347 g/mol. The highest BCUT2D eigenvalue weighted by molar-refractivity contribution is 9.10. The van der Waals surface area contributed by atoms with Crippen LogP contribution >= 0.6 is 15.9 Å². The maximum atomic E-state index is 14.0. The van der Waals surface area contributed by atoms with E-state index >= 15 is 0 Å². The van der Waals surface area contributed by atoms with Gasteiger partial charge in [0.1, 0.15) is 11.6 Å². The van der Waals surface area contributed by atoms with Gasteiger partial charge in [0.2, 0.25) is 0 Å². The fraction of sp³-hybridized carbons (Fsp3) is 0.625. The summed E-state index contributed by atoms with van der Waals surface area (Å²) in [6, 6.07) is 2.31. The van der Waals surface area contributed by atoms with Gasteiger partial charge >= 0.3 is 0 Å². The van der Waals surface area contributed by atoms with Crippen LogP contribution in [0.4, 0.5) is 8.78 Å². The van der Waals surface area contributed by atoms with Crippen molar-refractivity contribution in [3.05, 3.63) is 33.8 Å². The van der Waals surface area contributed by atoms with E-state index < -0.39 is 5.82 Å². The van der Waals surface area contributed by atoms with E-state index in [1.807, 2.05) is 0 Å². The average molecular weight is 348 g/mol. The Bertz CT molecular complexity index is 455. The summed E-state index contributed by atoms with van der Waals surface area (Å²) in [6.07, 6.45) is 1.83. The first-order valence-corrected chi connectivity index (χ1v) is 7.75. The summed E-state index contributed by atoms with van der Waals surface area (Å²) < 4.78 is 27.8. The molecular weight excluding hydrogens is 324 g/mol. The minimum atomic E-state index is -0.426. The van der Waals surface area contributed by atoms with Crippen molar-refractivity contribution in [3.8, 4) is 0 Å². The molecule has 0 aliphatic heterocycles. The third kappa shape index (κ3) is 5.13. The van der Waals surface area contributed by atoms with Gasteiger partial charge in [-0.15, -0.1) is 0 Å². The van der Waals surface area contributed by atoms with Gasteiger partial charge in [0, 0.05) is 11.6 Å². The molecule has 0 aliphatic rings. The van der Waals surface area contributed by atoms with Gasteiger partial charge in [-0.25, -0.2) is 8.78 Å². The Morgan fingerprint density at radius 1 is 1.20 bits per heavy atom. The van der Waals surface area contributed by atoms with Crippen molar-refractivity contribution in [2.75, 3.05) is 7.05 Å². The first kappa shape index (κ1) is 17.6. The molecule has 0 aromatic heterocycles. The third-order valence-corrected chi connectivity index (χ3v) is 3.97. The molecule has 0 spiro atoms. The van der Waals surface area contributed by atoms with Crippen LogP contribution in [0, 0.1) is 23.0 Å². The molecule has 4 heteroatoms. The zero-order valence-electron chi connectivity index (χ0n) is 12.9. The number of hydrogen-bond donors (Lipinski definition) is 1. The largest absolute Gasteiger partial charge is 0.313 e. The summed E-state index contributed by atoms with van der Waals surface area (Å²) in [5.74, 6) is -0.371. The molecule has 0 bridgehead atoms. The fourth-order valence-electron chi connectivity index (χ4n) is 2.74. The van der Waals surface area contributed by atoms with Crippen LogP contribution < -0.4 is 5.32 Å². The van der Waals surface area contributed by atoms with Crippen molar-refractivity contribution >= 4 is 15.9 Å². The lowest BCUT2D eigenvalue weighted by Crippen LogP contribution is -2.22. The Labute approximate surface area is 129 Å². The fourth-order valence-corrected chi connectivity index (χ4v) is 3.05. The van der Waals surface area contributed by atoms with E-state index in [0.29, 0.717) is 11.5 Å². The van der Waals surface area contributed by atoms with Gasteiger partial charge in [-0.3, -0.25) is 0 Å². The Balaban J connectivity index is 2.89. The van der Waals surface area contributed by atoms with Crippen LogP contribution in [-0.2, 0) is 0 Å². The van der Waals surface area contributed by atoms with E-state index in [-0.39, 0.29) is 21.7 Å². The topological polar surface area (TPSA) is 12.0 Å². The number of nitrogens with one attached hydrogen (secondary N) is 1. The summed E-state index contributed by atoms with van der Waals surface area (Å²) in [6.45, 7) is 8.73. The van der Waals surface area contributed by atoms with Crippen LogP contribution in [0.15, 0.2) is 16.6 Å². The molecule has 1 nitrogen and oxygen atoms in total. The molecule has 1 rings (SSSR count). The summed E-state index contributed by atoms with van der Waals surface area (Å²) in [5, 5.41) is 3.10. The Morgan fingerprint density at radius 3 is 2.30 bits per heavy atom. The molecule has 114 valence electrons. The van der Waals surface area contributed by atoms with Crippen LogP contribution in [0.5, 0.6) is 0 Å². The van der Waals surface area contributed by atoms with Crippen LogP contribution in [0.2, 0.25) is 0 Å². The van der Waals surface area contributed by atoms with Gasteiger partial charge in [0.15, 0.2) is 0 Å². The summed E-state index contributed by atoms with van der Waals surface area (Å²) in [4.78, 5) is 0.